The zero-order valence-electron chi connectivity index (χ0n) is 11.2. The number of hydrogen-bond donors (Lipinski definition) is 1. The first-order chi connectivity index (χ1) is 9.82. The number of rotatable bonds is 3. The first-order valence-electron chi connectivity index (χ1n) is 6.77. The van der Waals surface area contributed by atoms with E-state index in [0.29, 0.717) is 0 Å². The molecular formula is C18H18NP. The topological polar surface area (TPSA) is 26.0 Å². The fourth-order valence-corrected chi connectivity index (χ4v) is 5.76. The molecule has 0 saturated heterocycles. The zero-order valence-corrected chi connectivity index (χ0v) is 12.2. The van der Waals surface area contributed by atoms with E-state index in [2.05, 4.69) is 72.8 Å². The molecule has 0 heterocycles. The van der Waals surface area contributed by atoms with Crippen molar-refractivity contribution in [2.45, 2.75) is 0 Å². The van der Waals surface area contributed by atoms with Crippen LogP contribution in [0.25, 0.3) is 0 Å². The minimum atomic E-state index is -2.38. The predicted octanol–water partition coefficient (Wildman–Crippen LogP) is 2.59. The molecule has 0 bridgehead atoms. The minimum absolute atomic E-state index is 1.23. The van der Waals surface area contributed by atoms with E-state index in [4.69, 9.17) is 5.50 Å². The van der Waals surface area contributed by atoms with Crippen molar-refractivity contribution in [2.24, 2.45) is 5.50 Å². The van der Waals surface area contributed by atoms with Crippen LogP contribution in [0.5, 0.6) is 0 Å². The molecule has 0 unspecified atom stereocenters. The molecule has 2 heteroatoms. The van der Waals surface area contributed by atoms with E-state index in [0.717, 1.165) is 0 Å². The van der Waals surface area contributed by atoms with Gasteiger partial charge in [-0.1, -0.05) is 0 Å². The van der Waals surface area contributed by atoms with E-state index < -0.39 is 7.41 Å². The van der Waals surface area contributed by atoms with E-state index in [1.165, 1.54) is 15.9 Å². The van der Waals surface area contributed by atoms with Crippen molar-refractivity contribution >= 4 is 23.3 Å². The van der Waals surface area contributed by atoms with Crippen molar-refractivity contribution in [1.82, 2.24) is 0 Å². The molecule has 100 valence electrons. The van der Waals surface area contributed by atoms with Crippen LogP contribution in [0.15, 0.2) is 91.0 Å². The van der Waals surface area contributed by atoms with Crippen LogP contribution in [0.3, 0.4) is 0 Å². The van der Waals surface area contributed by atoms with Crippen LogP contribution in [0.1, 0.15) is 0 Å². The van der Waals surface area contributed by atoms with Gasteiger partial charge in [0.1, 0.15) is 0 Å². The first-order valence-corrected chi connectivity index (χ1v) is 8.85. The van der Waals surface area contributed by atoms with Crippen molar-refractivity contribution in [3.63, 3.8) is 0 Å². The van der Waals surface area contributed by atoms with Gasteiger partial charge in [0.15, 0.2) is 0 Å². The molecule has 3 rings (SSSR count). The van der Waals surface area contributed by atoms with E-state index in [1.54, 1.807) is 0 Å². The van der Waals surface area contributed by atoms with Gasteiger partial charge >= 0.3 is 120 Å². The Balaban J connectivity index is 2.24. The summed E-state index contributed by atoms with van der Waals surface area (Å²) in [5, 5.41) is 3.70. The summed E-state index contributed by atoms with van der Waals surface area (Å²) in [7, 11) is -2.38. The summed E-state index contributed by atoms with van der Waals surface area (Å²) in [6.45, 7) is 0. The van der Waals surface area contributed by atoms with Crippen LogP contribution in [0, 0.1) is 0 Å². The number of benzene rings is 3. The fourth-order valence-electron chi connectivity index (χ4n) is 2.60. The maximum atomic E-state index is 7.00. The Labute approximate surface area is 120 Å². The molecule has 0 atom stereocenters. The average molecular weight is 279 g/mol. The molecule has 0 spiro atoms. The van der Waals surface area contributed by atoms with Crippen molar-refractivity contribution in [3.8, 4) is 0 Å². The molecule has 0 aromatic heterocycles. The van der Waals surface area contributed by atoms with Gasteiger partial charge in [-0.3, -0.25) is 0 Å². The van der Waals surface area contributed by atoms with Gasteiger partial charge in [0, 0.05) is 0 Å². The van der Waals surface area contributed by atoms with Gasteiger partial charge in [-0.2, -0.15) is 0 Å². The standard InChI is InChI=1S/C18H18NP/c19-20(16-10-4-1-5-11-16,17-12-6-2-7-13-17)18-14-8-3-9-15-18/h1-15,20H,19H2. The zero-order chi connectivity index (χ0) is 13.8. The van der Waals surface area contributed by atoms with Gasteiger partial charge in [-0.15, -0.1) is 0 Å². The summed E-state index contributed by atoms with van der Waals surface area (Å²) in [5.41, 5.74) is 7.00. The van der Waals surface area contributed by atoms with Gasteiger partial charge in [-0.25, -0.2) is 0 Å². The predicted molar refractivity (Wildman–Crippen MR) is 90.7 cm³/mol. The molecule has 0 amide bonds. The average Bonchev–Trinajstić information content (AvgIpc) is 2.56. The number of hydrogen-bond acceptors (Lipinski definition) is 1. The third-order valence-electron chi connectivity index (χ3n) is 3.69. The van der Waals surface area contributed by atoms with Gasteiger partial charge in [0.25, 0.3) is 0 Å². The van der Waals surface area contributed by atoms with Gasteiger partial charge in [0.05, 0.1) is 0 Å². The van der Waals surface area contributed by atoms with Crippen molar-refractivity contribution in [1.29, 1.82) is 0 Å². The third-order valence-corrected chi connectivity index (χ3v) is 7.42. The third kappa shape index (κ3) is 2.27. The van der Waals surface area contributed by atoms with Crippen molar-refractivity contribution in [2.75, 3.05) is 0 Å². The SMILES string of the molecule is N[PH](c1ccccc1)(c1ccccc1)c1ccccc1. The quantitative estimate of drug-likeness (QED) is 0.733. The Bertz CT molecular complexity index is 569. The molecule has 0 radical (unpaired) electrons. The van der Waals surface area contributed by atoms with E-state index in [9.17, 15) is 0 Å². The van der Waals surface area contributed by atoms with Crippen LogP contribution >= 0.6 is 7.41 Å². The van der Waals surface area contributed by atoms with E-state index in [-0.39, 0.29) is 0 Å². The van der Waals surface area contributed by atoms with E-state index in [1.807, 2.05) is 18.2 Å². The summed E-state index contributed by atoms with van der Waals surface area (Å²) in [6, 6.07) is 31.4. The maximum absolute atomic E-state index is 7.00. The molecule has 3 aromatic carbocycles. The molecule has 0 aliphatic heterocycles. The van der Waals surface area contributed by atoms with E-state index >= 15 is 0 Å². The second-order valence-corrected chi connectivity index (χ2v) is 8.25. The molecule has 0 saturated carbocycles. The molecule has 0 aliphatic carbocycles. The Morgan fingerprint density at radius 2 is 0.700 bits per heavy atom. The molecule has 1 nitrogen and oxygen atoms in total. The molecule has 3 aromatic rings. The van der Waals surface area contributed by atoms with Crippen molar-refractivity contribution < 1.29 is 0 Å². The summed E-state index contributed by atoms with van der Waals surface area (Å²) < 4.78 is 0. The van der Waals surface area contributed by atoms with Gasteiger partial charge < -0.3 is 0 Å². The Kier molecular flexibility index (Phi) is 3.64. The summed E-state index contributed by atoms with van der Waals surface area (Å²) in [4.78, 5) is 0. The molecule has 2 N–H and O–H groups in total. The molecule has 20 heavy (non-hydrogen) atoms. The van der Waals surface area contributed by atoms with Crippen LogP contribution in [0.2, 0.25) is 0 Å². The van der Waals surface area contributed by atoms with Crippen LogP contribution in [0.4, 0.5) is 0 Å². The van der Waals surface area contributed by atoms with Crippen molar-refractivity contribution in [3.05, 3.63) is 91.0 Å². The normalized spacial score (nSPS) is 12.1. The Morgan fingerprint density at radius 3 is 0.950 bits per heavy atom. The summed E-state index contributed by atoms with van der Waals surface area (Å²) in [5.74, 6) is 0. The molecule has 0 fully saturated rings. The van der Waals surface area contributed by atoms with Crippen LogP contribution < -0.4 is 21.4 Å². The van der Waals surface area contributed by atoms with Crippen LogP contribution in [-0.4, -0.2) is 0 Å². The van der Waals surface area contributed by atoms with Gasteiger partial charge in [0.2, 0.25) is 0 Å². The molecular weight excluding hydrogens is 261 g/mol. The second kappa shape index (κ2) is 5.58. The fraction of sp³-hybridized carbons (Fsp3) is 0. The Morgan fingerprint density at radius 1 is 0.450 bits per heavy atom. The summed E-state index contributed by atoms with van der Waals surface area (Å²) >= 11 is 0. The molecule has 0 aliphatic rings. The van der Waals surface area contributed by atoms with Crippen LogP contribution in [-0.2, 0) is 0 Å². The number of nitrogens with two attached hydrogens (primary N) is 1. The Hall–Kier alpha value is -1.95. The second-order valence-electron chi connectivity index (χ2n) is 4.91. The first kappa shape index (κ1) is 13.1. The van der Waals surface area contributed by atoms with Gasteiger partial charge in [-0.05, 0) is 0 Å². The summed E-state index contributed by atoms with van der Waals surface area (Å²) in [6.07, 6.45) is 0. The monoisotopic (exact) mass is 279 g/mol.